The summed E-state index contributed by atoms with van der Waals surface area (Å²) < 4.78 is -0.480. The van der Waals surface area contributed by atoms with E-state index in [1.807, 2.05) is 13.0 Å². The molecule has 4 nitrogen and oxygen atoms in total. The molecule has 2 atom stereocenters. The minimum Gasteiger partial charge on any atom is -0.312 e. The number of amides is 1. The number of benzene rings is 1. The first-order valence-electron chi connectivity index (χ1n) is 6.34. The second-order valence-corrected chi connectivity index (χ2v) is 8.37. The maximum Gasteiger partial charge on any atom is 0.241 e. The largest absolute Gasteiger partial charge is 0.312 e. The molecule has 2 aliphatic heterocycles. The lowest BCUT2D eigenvalue weighted by Crippen LogP contribution is -2.34. The predicted molar refractivity (Wildman–Crippen MR) is 89.6 cm³/mol. The van der Waals surface area contributed by atoms with Crippen molar-refractivity contribution in [2.75, 3.05) is 11.6 Å². The third-order valence-corrected chi connectivity index (χ3v) is 5.99. The molecular weight excluding hydrogens is 353 g/mol. The molecule has 1 aromatic carbocycles. The molecular formula is C13H12Cl3N3OS. The molecule has 0 saturated carbocycles. The number of nitrogens with zero attached hydrogens (tertiary/aromatic N) is 2. The number of anilines is 1. The van der Waals surface area contributed by atoms with Gasteiger partial charge in [0.15, 0.2) is 0 Å². The summed E-state index contributed by atoms with van der Waals surface area (Å²) in [5.74, 6) is 0.554. The van der Waals surface area contributed by atoms with Crippen LogP contribution in [0.25, 0.3) is 0 Å². The van der Waals surface area contributed by atoms with Gasteiger partial charge < -0.3 is 5.32 Å². The van der Waals surface area contributed by atoms with Gasteiger partial charge in [0.1, 0.15) is 15.3 Å². The number of rotatable bonds is 2. The number of hydrogen-bond donors (Lipinski definition) is 1. The van der Waals surface area contributed by atoms with Crippen LogP contribution in [0.2, 0.25) is 10.0 Å². The van der Waals surface area contributed by atoms with Crippen LogP contribution in [0.15, 0.2) is 23.3 Å². The highest BCUT2D eigenvalue weighted by molar-refractivity contribution is 8.11. The first-order valence-corrected chi connectivity index (χ1v) is 8.36. The number of amidine groups is 1. The zero-order valence-corrected chi connectivity index (χ0v) is 14.2. The number of hydrogen-bond acceptors (Lipinski definition) is 4. The lowest BCUT2D eigenvalue weighted by atomic mass is 10.3. The molecule has 0 radical (unpaired) electrons. The van der Waals surface area contributed by atoms with E-state index in [4.69, 9.17) is 34.8 Å². The number of nitrogens with one attached hydrogen (secondary N) is 1. The summed E-state index contributed by atoms with van der Waals surface area (Å²) in [7, 11) is 0. The first-order chi connectivity index (χ1) is 9.87. The van der Waals surface area contributed by atoms with Gasteiger partial charge in [-0.25, -0.2) is 0 Å². The van der Waals surface area contributed by atoms with Crippen molar-refractivity contribution >= 4 is 64.0 Å². The summed E-state index contributed by atoms with van der Waals surface area (Å²) in [6.07, 6.45) is 0.669. The molecule has 21 heavy (non-hydrogen) atoms. The zero-order chi connectivity index (χ0) is 15.2. The molecule has 1 amide bonds. The summed E-state index contributed by atoms with van der Waals surface area (Å²) in [4.78, 5) is 12.0. The fourth-order valence-electron chi connectivity index (χ4n) is 2.07. The van der Waals surface area contributed by atoms with E-state index < -0.39 is 4.21 Å². The Balaban J connectivity index is 1.67. The molecule has 1 fully saturated rings. The maximum atomic E-state index is 12.0. The number of carbonyl (C=O) groups is 1. The molecule has 1 unspecified atom stereocenters. The summed E-state index contributed by atoms with van der Waals surface area (Å²) >= 11 is 19.4. The van der Waals surface area contributed by atoms with E-state index in [1.165, 1.54) is 11.8 Å². The van der Waals surface area contributed by atoms with Gasteiger partial charge in [0.2, 0.25) is 5.91 Å². The molecule has 0 aromatic heterocycles. The molecule has 3 rings (SSSR count). The fourth-order valence-corrected chi connectivity index (χ4v) is 3.39. The Hall–Kier alpha value is -0.620. The molecule has 0 bridgehead atoms. The van der Waals surface area contributed by atoms with E-state index >= 15 is 0 Å². The highest BCUT2D eigenvalue weighted by Crippen LogP contribution is 2.56. The number of hydrazone groups is 1. The van der Waals surface area contributed by atoms with E-state index in [0.717, 1.165) is 5.69 Å². The molecule has 0 aliphatic carbocycles. The van der Waals surface area contributed by atoms with Crippen molar-refractivity contribution in [1.82, 2.24) is 5.32 Å². The second kappa shape index (κ2) is 5.54. The van der Waals surface area contributed by atoms with Crippen LogP contribution < -0.4 is 10.3 Å². The Morgan fingerprint density at radius 1 is 1.48 bits per heavy atom. The van der Waals surface area contributed by atoms with E-state index in [9.17, 15) is 4.79 Å². The van der Waals surface area contributed by atoms with Gasteiger partial charge in [-0.15, -0.1) is 23.4 Å². The molecule has 2 aliphatic rings. The number of thioether (sulfide) groups is 1. The second-order valence-electron chi connectivity index (χ2n) is 4.99. The highest BCUT2D eigenvalue weighted by Gasteiger charge is 2.55. The topological polar surface area (TPSA) is 44.7 Å². The van der Waals surface area contributed by atoms with Crippen LogP contribution in [0.5, 0.6) is 0 Å². The van der Waals surface area contributed by atoms with Gasteiger partial charge in [-0.2, -0.15) is 5.10 Å². The van der Waals surface area contributed by atoms with Gasteiger partial charge in [-0.3, -0.25) is 9.80 Å². The number of alkyl halides is 1. The summed E-state index contributed by atoms with van der Waals surface area (Å²) in [5.41, 5.74) is 0.844. The van der Waals surface area contributed by atoms with Crippen molar-refractivity contribution in [3.8, 4) is 0 Å². The average Bonchev–Trinajstić information content (AvgIpc) is 2.84. The molecule has 8 heteroatoms. The van der Waals surface area contributed by atoms with Gasteiger partial charge in [-0.05, 0) is 25.1 Å². The molecule has 0 spiro atoms. The van der Waals surface area contributed by atoms with Crippen LogP contribution in [0.3, 0.4) is 0 Å². The van der Waals surface area contributed by atoms with Crippen molar-refractivity contribution in [3.05, 3.63) is 28.2 Å². The van der Waals surface area contributed by atoms with Crippen LogP contribution in [0, 0.1) is 0 Å². The molecule has 112 valence electrons. The molecule has 1 saturated heterocycles. The van der Waals surface area contributed by atoms with E-state index in [2.05, 4.69) is 10.4 Å². The minimum atomic E-state index is -0.480. The van der Waals surface area contributed by atoms with E-state index in [-0.39, 0.29) is 11.2 Å². The van der Waals surface area contributed by atoms with Crippen LogP contribution >= 0.6 is 46.6 Å². The Kier molecular flexibility index (Phi) is 4.03. The van der Waals surface area contributed by atoms with Gasteiger partial charge in [-0.1, -0.05) is 23.2 Å². The van der Waals surface area contributed by atoms with Gasteiger partial charge >= 0.3 is 0 Å². The quantitative estimate of drug-likeness (QED) is 0.643. The zero-order valence-electron chi connectivity index (χ0n) is 11.1. The van der Waals surface area contributed by atoms with Crippen molar-refractivity contribution in [1.29, 1.82) is 0 Å². The van der Waals surface area contributed by atoms with Crippen LogP contribution in [0.1, 0.15) is 13.3 Å². The third kappa shape index (κ3) is 3.26. The standard InChI is InChI=1S/C13H12Cl3N3OS/c1-13(16)11(21-13)12(20)17-10-4-5-19(18-10)7-2-3-8(14)9(15)6-7/h2-3,6,11H,4-5H2,1H3,(H,17,18,20)/t11?,13-/m0/s1. The fraction of sp³-hybridized carbons (Fsp3) is 0.385. The number of carbonyl (C=O) groups excluding carboxylic acids is 1. The molecule has 1 N–H and O–H groups in total. The number of halogens is 3. The first kappa shape index (κ1) is 15.3. The highest BCUT2D eigenvalue weighted by atomic mass is 35.5. The van der Waals surface area contributed by atoms with Gasteiger partial charge in [0, 0.05) is 13.0 Å². The van der Waals surface area contributed by atoms with Crippen LogP contribution in [-0.2, 0) is 4.79 Å². The summed E-state index contributed by atoms with van der Waals surface area (Å²) in [6.45, 7) is 2.52. The SMILES string of the molecule is C[C@]1(Cl)SC1C(=O)NC1=NN(c2ccc(Cl)c(Cl)c2)CC1. The molecule has 2 heterocycles. The Bertz CT molecular complexity index is 635. The maximum absolute atomic E-state index is 12.0. The summed E-state index contributed by atoms with van der Waals surface area (Å²) in [5, 5.41) is 9.78. The lowest BCUT2D eigenvalue weighted by molar-refractivity contribution is -0.118. The smallest absolute Gasteiger partial charge is 0.241 e. The average molecular weight is 365 g/mol. The van der Waals surface area contributed by atoms with Crippen molar-refractivity contribution in [2.45, 2.75) is 22.8 Å². The predicted octanol–water partition coefficient (Wildman–Crippen LogP) is 3.70. The lowest BCUT2D eigenvalue weighted by Gasteiger charge is -2.13. The van der Waals surface area contributed by atoms with Crippen molar-refractivity contribution in [3.63, 3.8) is 0 Å². The minimum absolute atomic E-state index is 0.0905. The van der Waals surface area contributed by atoms with E-state index in [1.54, 1.807) is 17.1 Å². The molecule has 1 aromatic rings. The monoisotopic (exact) mass is 363 g/mol. The third-order valence-electron chi connectivity index (χ3n) is 3.27. The summed E-state index contributed by atoms with van der Waals surface area (Å²) in [6, 6.07) is 5.32. The van der Waals surface area contributed by atoms with Crippen LogP contribution in [0.4, 0.5) is 5.69 Å². The van der Waals surface area contributed by atoms with Crippen LogP contribution in [-0.4, -0.2) is 27.7 Å². The van der Waals surface area contributed by atoms with Gasteiger partial charge in [0.25, 0.3) is 0 Å². The van der Waals surface area contributed by atoms with E-state index in [0.29, 0.717) is 28.8 Å². The van der Waals surface area contributed by atoms with Crippen molar-refractivity contribution < 1.29 is 4.79 Å². The Morgan fingerprint density at radius 3 is 2.81 bits per heavy atom. The van der Waals surface area contributed by atoms with Gasteiger partial charge in [0.05, 0.1) is 15.7 Å². The Labute approximate surface area is 141 Å². The van der Waals surface area contributed by atoms with Crippen molar-refractivity contribution in [2.24, 2.45) is 5.10 Å². The normalized spacial score (nSPS) is 27.5. The Morgan fingerprint density at radius 2 is 2.19 bits per heavy atom.